The van der Waals surface area contributed by atoms with Gasteiger partial charge in [0.2, 0.25) is 0 Å². The maximum Gasteiger partial charge on any atom is 0.155 e. The summed E-state index contributed by atoms with van der Waals surface area (Å²) < 4.78 is 0. The van der Waals surface area contributed by atoms with E-state index in [0.717, 1.165) is 32.1 Å². The molecule has 6 atom stereocenters. The molecule has 0 aliphatic heterocycles. The SMILES string of the molecule is C[C@]12CC(=O)[C@H]3[C@@H](CCC4=CC(=O)CC[C@@]43C)[C@@H]1CC[C@@H]2C(=O)CBr. The van der Waals surface area contributed by atoms with Crippen LogP contribution in [-0.2, 0) is 14.4 Å². The Morgan fingerprint density at radius 2 is 1.96 bits per heavy atom. The van der Waals surface area contributed by atoms with Gasteiger partial charge in [0.05, 0.1) is 5.33 Å². The summed E-state index contributed by atoms with van der Waals surface area (Å²) in [4.78, 5) is 37.7. The van der Waals surface area contributed by atoms with E-state index in [1.54, 1.807) is 0 Å². The van der Waals surface area contributed by atoms with Crippen molar-refractivity contribution < 1.29 is 14.4 Å². The van der Waals surface area contributed by atoms with Gasteiger partial charge >= 0.3 is 0 Å². The average molecular weight is 407 g/mol. The zero-order chi connectivity index (χ0) is 18.0. The fourth-order valence-electron chi connectivity index (χ4n) is 7.01. The number of ketones is 3. The van der Waals surface area contributed by atoms with Gasteiger partial charge in [0.1, 0.15) is 11.6 Å². The molecule has 0 N–H and O–H groups in total. The minimum absolute atomic E-state index is 0.0273. The lowest BCUT2D eigenvalue weighted by Crippen LogP contribution is -2.55. The molecule has 0 aromatic rings. The molecular formula is C21H27BrO3. The van der Waals surface area contributed by atoms with E-state index in [4.69, 9.17) is 0 Å². The monoisotopic (exact) mass is 406 g/mol. The summed E-state index contributed by atoms with van der Waals surface area (Å²) in [6.45, 7) is 4.42. The first-order valence-corrected chi connectivity index (χ1v) is 10.8. The van der Waals surface area contributed by atoms with E-state index >= 15 is 0 Å². The molecule has 136 valence electrons. The molecule has 0 unspecified atom stereocenters. The predicted molar refractivity (Wildman–Crippen MR) is 99.4 cm³/mol. The van der Waals surface area contributed by atoms with Crippen LogP contribution in [-0.4, -0.2) is 22.7 Å². The normalized spacial score (nSPS) is 46.1. The second-order valence-corrected chi connectivity index (χ2v) is 9.78. The van der Waals surface area contributed by atoms with Crippen molar-refractivity contribution in [1.29, 1.82) is 0 Å². The first kappa shape index (κ1) is 17.6. The fourth-order valence-corrected chi connectivity index (χ4v) is 7.40. The third kappa shape index (κ3) is 2.39. The molecule has 0 spiro atoms. The highest BCUT2D eigenvalue weighted by atomic mass is 79.9. The van der Waals surface area contributed by atoms with Gasteiger partial charge in [-0.3, -0.25) is 14.4 Å². The summed E-state index contributed by atoms with van der Waals surface area (Å²) in [5.41, 5.74) is 0.922. The molecule has 0 bridgehead atoms. The summed E-state index contributed by atoms with van der Waals surface area (Å²) in [7, 11) is 0. The van der Waals surface area contributed by atoms with Crippen LogP contribution < -0.4 is 0 Å². The van der Waals surface area contributed by atoms with Gasteiger partial charge in [-0.15, -0.1) is 0 Å². The molecular weight excluding hydrogens is 380 g/mol. The minimum Gasteiger partial charge on any atom is -0.299 e. The fraction of sp³-hybridized carbons (Fsp3) is 0.762. The smallest absolute Gasteiger partial charge is 0.155 e. The summed E-state index contributed by atoms with van der Waals surface area (Å²) in [6.07, 6.45) is 7.72. The summed E-state index contributed by atoms with van der Waals surface area (Å²) in [5.74, 6) is 1.77. The maximum atomic E-state index is 13.3. The number of carbonyl (C=O) groups excluding carboxylic acids is 3. The van der Waals surface area contributed by atoms with Gasteiger partial charge in [0, 0.05) is 24.7 Å². The Hall–Kier alpha value is -0.770. The molecule has 4 rings (SSSR count). The van der Waals surface area contributed by atoms with E-state index in [9.17, 15) is 14.4 Å². The number of Topliss-reactive ketones (excluding diaryl/α,β-unsaturated/α-hetero) is 2. The molecule has 3 fully saturated rings. The van der Waals surface area contributed by atoms with E-state index in [-0.39, 0.29) is 34.2 Å². The lowest BCUT2D eigenvalue weighted by molar-refractivity contribution is -0.148. The lowest BCUT2D eigenvalue weighted by atomic mass is 9.46. The van der Waals surface area contributed by atoms with Gasteiger partial charge in [0.15, 0.2) is 5.78 Å². The Kier molecular flexibility index (Phi) is 4.14. The van der Waals surface area contributed by atoms with Gasteiger partial charge in [-0.25, -0.2) is 0 Å². The van der Waals surface area contributed by atoms with E-state index in [2.05, 4.69) is 29.8 Å². The summed E-state index contributed by atoms with van der Waals surface area (Å²) >= 11 is 3.34. The molecule has 3 nitrogen and oxygen atoms in total. The second kappa shape index (κ2) is 5.87. The van der Waals surface area contributed by atoms with Crippen molar-refractivity contribution >= 4 is 33.3 Å². The highest BCUT2D eigenvalue weighted by Crippen LogP contribution is 2.65. The van der Waals surface area contributed by atoms with E-state index < -0.39 is 0 Å². The van der Waals surface area contributed by atoms with Crippen LogP contribution in [0.2, 0.25) is 0 Å². The van der Waals surface area contributed by atoms with Gasteiger partial charge in [0.25, 0.3) is 0 Å². The van der Waals surface area contributed by atoms with Crippen LogP contribution in [0.25, 0.3) is 0 Å². The van der Waals surface area contributed by atoms with E-state index in [1.165, 1.54) is 5.57 Å². The number of allylic oxidation sites excluding steroid dienone is 1. The number of hydrogen-bond acceptors (Lipinski definition) is 3. The largest absolute Gasteiger partial charge is 0.299 e. The second-order valence-electron chi connectivity index (χ2n) is 9.22. The summed E-state index contributed by atoms with van der Waals surface area (Å²) in [5, 5.41) is 0.398. The molecule has 4 aliphatic carbocycles. The molecule has 0 aromatic carbocycles. The average Bonchev–Trinajstić information content (AvgIpc) is 2.91. The Labute approximate surface area is 158 Å². The third-order valence-electron chi connectivity index (χ3n) is 8.17. The molecule has 0 amide bonds. The van der Waals surface area contributed by atoms with Crippen molar-refractivity contribution in [2.75, 3.05) is 5.33 Å². The van der Waals surface area contributed by atoms with Gasteiger partial charge < -0.3 is 0 Å². The molecule has 4 heteroatoms. The standard InChI is InChI=1S/C21H27BrO3/c1-20-8-7-13(23)9-12(20)3-4-14-15-5-6-16(18(25)11-22)21(15,2)10-17(24)19(14)20/h9,14-16,19H,3-8,10-11H2,1-2H3/t14-,15-,16+,19+,20-,21-/m0/s1. The van der Waals surface area contributed by atoms with E-state index in [1.807, 2.05) is 6.08 Å². The molecule has 0 aromatic heterocycles. The number of carbonyl (C=O) groups is 3. The number of rotatable bonds is 2. The Morgan fingerprint density at radius 3 is 2.68 bits per heavy atom. The van der Waals surface area contributed by atoms with Crippen LogP contribution in [0.1, 0.15) is 58.8 Å². The quantitative estimate of drug-likeness (QED) is 0.643. The zero-order valence-electron chi connectivity index (χ0n) is 15.1. The maximum absolute atomic E-state index is 13.3. The van der Waals surface area contributed by atoms with Crippen molar-refractivity contribution in [3.05, 3.63) is 11.6 Å². The lowest BCUT2D eigenvalue weighted by Gasteiger charge is -2.56. The van der Waals surface area contributed by atoms with Crippen LogP contribution in [0.3, 0.4) is 0 Å². The van der Waals surface area contributed by atoms with Crippen molar-refractivity contribution in [2.24, 2.45) is 34.5 Å². The highest BCUT2D eigenvalue weighted by Gasteiger charge is 2.62. The van der Waals surface area contributed by atoms with Gasteiger partial charge in [-0.2, -0.15) is 0 Å². The van der Waals surface area contributed by atoms with Crippen LogP contribution in [0.4, 0.5) is 0 Å². The third-order valence-corrected chi connectivity index (χ3v) is 8.72. The van der Waals surface area contributed by atoms with Crippen LogP contribution in [0.5, 0.6) is 0 Å². The first-order chi connectivity index (χ1) is 11.8. The Morgan fingerprint density at radius 1 is 1.20 bits per heavy atom. The number of fused-ring (bicyclic) bond motifs is 5. The van der Waals surface area contributed by atoms with Crippen LogP contribution >= 0.6 is 15.9 Å². The van der Waals surface area contributed by atoms with Gasteiger partial charge in [-0.1, -0.05) is 35.4 Å². The number of halogens is 1. The van der Waals surface area contributed by atoms with Crippen molar-refractivity contribution in [3.8, 4) is 0 Å². The molecule has 0 saturated heterocycles. The Bertz CT molecular complexity index is 681. The van der Waals surface area contributed by atoms with Crippen molar-refractivity contribution in [1.82, 2.24) is 0 Å². The molecule has 3 saturated carbocycles. The van der Waals surface area contributed by atoms with Gasteiger partial charge in [-0.05, 0) is 60.8 Å². The zero-order valence-corrected chi connectivity index (χ0v) is 16.7. The van der Waals surface area contributed by atoms with Crippen molar-refractivity contribution in [3.63, 3.8) is 0 Å². The topological polar surface area (TPSA) is 51.2 Å². The minimum atomic E-state index is -0.162. The van der Waals surface area contributed by atoms with Crippen LogP contribution in [0.15, 0.2) is 11.6 Å². The highest BCUT2D eigenvalue weighted by molar-refractivity contribution is 9.09. The first-order valence-electron chi connectivity index (χ1n) is 9.66. The summed E-state index contributed by atoms with van der Waals surface area (Å²) in [6, 6.07) is 0. The predicted octanol–water partition coefficient (Wildman–Crippen LogP) is 4.28. The number of alkyl halides is 1. The Balaban J connectivity index is 1.71. The molecule has 25 heavy (non-hydrogen) atoms. The molecule has 0 radical (unpaired) electrons. The number of hydrogen-bond donors (Lipinski definition) is 0. The van der Waals surface area contributed by atoms with Crippen molar-refractivity contribution in [2.45, 2.75) is 58.8 Å². The molecule has 4 aliphatic rings. The molecule has 0 heterocycles. The van der Waals surface area contributed by atoms with Crippen LogP contribution in [0, 0.1) is 34.5 Å². The van der Waals surface area contributed by atoms with E-state index in [0.29, 0.717) is 35.8 Å².